The monoisotopic (exact) mass is 460 g/mol. The van der Waals surface area contributed by atoms with Gasteiger partial charge in [0, 0.05) is 13.1 Å². The van der Waals surface area contributed by atoms with E-state index in [1.54, 1.807) is 30.3 Å². The summed E-state index contributed by atoms with van der Waals surface area (Å²) in [5.74, 6) is -0.579. The van der Waals surface area contributed by atoms with Crippen LogP contribution in [0.15, 0.2) is 59.5 Å². The van der Waals surface area contributed by atoms with E-state index >= 15 is 0 Å². The molecule has 1 N–H and O–H groups in total. The van der Waals surface area contributed by atoms with Gasteiger partial charge < -0.3 is 14.8 Å². The molecule has 2 aromatic rings. The highest BCUT2D eigenvalue weighted by atomic mass is 32.2. The second-order valence-corrected chi connectivity index (χ2v) is 9.55. The number of carbonyl (C=O) groups excluding carboxylic acids is 2. The van der Waals surface area contributed by atoms with E-state index in [-0.39, 0.29) is 24.6 Å². The van der Waals surface area contributed by atoms with Gasteiger partial charge in [-0.15, -0.1) is 0 Å². The van der Waals surface area contributed by atoms with E-state index in [1.165, 1.54) is 4.31 Å². The molecular weight excluding hydrogens is 432 g/mol. The zero-order chi connectivity index (χ0) is 23.0. The molecule has 0 spiro atoms. The summed E-state index contributed by atoms with van der Waals surface area (Å²) in [7, 11) is -3.57. The first-order valence-corrected chi connectivity index (χ1v) is 12.0. The quantitative estimate of drug-likeness (QED) is 0.454. The number of sulfonamides is 1. The fraction of sp³-hybridized carbons (Fsp3) is 0.391. The summed E-state index contributed by atoms with van der Waals surface area (Å²) in [6.45, 7) is 2.66. The van der Waals surface area contributed by atoms with Crippen LogP contribution in [0.5, 0.6) is 5.75 Å². The minimum absolute atomic E-state index is 0.236. The summed E-state index contributed by atoms with van der Waals surface area (Å²) >= 11 is 0. The molecule has 1 amide bonds. The van der Waals surface area contributed by atoms with Crippen LogP contribution >= 0.6 is 0 Å². The second kappa shape index (κ2) is 11.1. The molecule has 0 saturated carbocycles. The number of nitrogens with zero attached hydrogens (tertiary/aromatic N) is 1. The summed E-state index contributed by atoms with van der Waals surface area (Å²) in [6, 6.07) is 15.8. The molecule has 0 unspecified atom stereocenters. The van der Waals surface area contributed by atoms with E-state index in [0.29, 0.717) is 26.0 Å². The lowest BCUT2D eigenvalue weighted by Gasteiger charge is -2.30. The number of rotatable bonds is 9. The Hall–Kier alpha value is -2.91. The Morgan fingerprint density at radius 3 is 2.47 bits per heavy atom. The topological polar surface area (TPSA) is 102 Å². The van der Waals surface area contributed by atoms with E-state index in [1.807, 2.05) is 31.2 Å². The summed E-state index contributed by atoms with van der Waals surface area (Å²) in [6.07, 6.45) is 0.716. The molecule has 172 valence electrons. The molecule has 0 radical (unpaired) electrons. The average molecular weight is 461 g/mol. The van der Waals surface area contributed by atoms with Crippen LogP contribution in [0.4, 0.5) is 0 Å². The molecule has 1 aliphatic heterocycles. The van der Waals surface area contributed by atoms with E-state index in [4.69, 9.17) is 9.47 Å². The Morgan fingerprint density at radius 1 is 1.06 bits per heavy atom. The Kier molecular flexibility index (Phi) is 8.24. The van der Waals surface area contributed by atoms with Crippen molar-refractivity contribution in [3.05, 3.63) is 60.2 Å². The maximum Gasteiger partial charge on any atom is 0.309 e. The first-order valence-electron chi connectivity index (χ1n) is 10.5. The summed E-state index contributed by atoms with van der Waals surface area (Å²) in [4.78, 5) is 24.4. The van der Waals surface area contributed by atoms with Gasteiger partial charge in [0.1, 0.15) is 12.4 Å². The van der Waals surface area contributed by atoms with Gasteiger partial charge in [-0.2, -0.15) is 4.31 Å². The number of piperidine rings is 1. The predicted octanol–water partition coefficient (Wildman–Crippen LogP) is 2.13. The number of nitrogens with one attached hydrogen (secondary N) is 1. The van der Waals surface area contributed by atoms with Crippen molar-refractivity contribution in [3.63, 3.8) is 0 Å². The molecule has 1 saturated heterocycles. The molecule has 32 heavy (non-hydrogen) atoms. The van der Waals surface area contributed by atoms with E-state index in [9.17, 15) is 18.0 Å². The van der Waals surface area contributed by atoms with E-state index in [0.717, 1.165) is 11.3 Å². The van der Waals surface area contributed by atoms with Crippen LogP contribution < -0.4 is 10.1 Å². The number of esters is 1. The van der Waals surface area contributed by atoms with Crippen molar-refractivity contribution in [1.29, 1.82) is 0 Å². The average Bonchev–Trinajstić information content (AvgIpc) is 2.81. The van der Waals surface area contributed by atoms with Crippen molar-refractivity contribution in [3.8, 4) is 5.75 Å². The lowest BCUT2D eigenvalue weighted by molar-refractivity contribution is -0.153. The minimum atomic E-state index is -3.57. The number of carbonyl (C=O) groups is 2. The lowest BCUT2D eigenvalue weighted by atomic mass is 9.98. The third-order valence-electron chi connectivity index (χ3n) is 5.20. The molecular formula is C23H28N2O6S. The van der Waals surface area contributed by atoms with Crippen molar-refractivity contribution < 1.29 is 27.5 Å². The van der Waals surface area contributed by atoms with Gasteiger partial charge >= 0.3 is 5.97 Å². The van der Waals surface area contributed by atoms with Crippen LogP contribution in [0.1, 0.15) is 18.4 Å². The van der Waals surface area contributed by atoms with Crippen molar-refractivity contribution in [1.82, 2.24) is 9.62 Å². The van der Waals surface area contributed by atoms with Crippen LogP contribution in [-0.4, -0.2) is 57.4 Å². The molecule has 3 rings (SSSR count). The highest BCUT2D eigenvalue weighted by Crippen LogP contribution is 2.24. The third-order valence-corrected chi connectivity index (χ3v) is 7.11. The van der Waals surface area contributed by atoms with Crippen LogP contribution in [0.25, 0.3) is 0 Å². The highest BCUT2D eigenvalue weighted by molar-refractivity contribution is 7.89. The third kappa shape index (κ3) is 6.54. The molecule has 9 heteroatoms. The summed E-state index contributed by atoms with van der Waals surface area (Å²) in [5.41, 5.74) is 1.09. The van der Waals surface area contributed by atoms with Gasteiger partial charge in [-0.25, -0.2) is 8.42 Å². The smallest absolute Gasteiger partial charge is 0.309 e. The molecule has 1 aliphatic rings. The molecule has 2 aromatic carbocycles. The van der Waals surface area contributed by atoms with Crippen LogP contribution in [-0.2, 0) is 24.3 Å². The molecule has 1 fully saturated rings. The normalized spacial score (nSPS) is 15.2. The van der Waals surface area contributed by atoms with Gasteiger partial charge in [0.05, 0.1) is 17.4 Å². The van der Waals surface area contributed by atoms with Gasteiger partial charge in [0.2, 0.25) is 10.0 Å². The zero-order valence-corrected chi connectivity index (χ0v) is 18.8. The Labute approximate surface area is 188 Å². The van der Waals surface area contributed by atoms with Crippen molar-refractivity contribution in [2.45, 2.75) is 24.7 Å². The maximum absolute atomic E-state index is 12.7. The van der Waals surface area contributed by atoms with Gasteiger partial charge in [0.25, 0.3) is 5.91 Å². The fourth-order valence-corrected chi connectivity index (χ4v) is 4.93. The molecule has 0 aliphatic carbocycles. The van der Waals surface area contributed by atoms with Gasteiger partial charge in [0.15, 0.2) is 6.61 Å². The van der Waals surface area contributed by atoms with Crippen molar-refractivity contribution in [2.24, 2.45) is 5.92 Å². The number of ether oxygens (including phenoxy) is 2. The Morgan fingerprint density at radius 2 is 1.78 bits per heavy atom. The number of aryl methyl sites for hydroxylation is 1. The number of benzene rings is 2. The number of amides is 1. The van der Waals surface area contributed by atoms with Gasteiger partial charge in [-0.1, -0.05) is 30.3 Å². The molecule has 8 nitrogen and oxygen atoms in total. The first kappa shape index (κ1) is 23.7. The standard InChI is InChI=1S/C23H28N2O6S/c1-18-6-5-7-20(16-18)30-15-12-24-22(26)17-31-23(27)19-10-13-25(14-11-19)32(28,29)21-8-3-2-4-9-21/h2-9,16,19H,10-15,17H2,1H3,(H,24,26). The van der Waals surface area contributed by atoms with Crippen LogP contribution in [0.2, 0.25) is 0 Å². The SMILES string of the molecule is Cc1cccc(OCCNC(=O)COC(=O)C2CCN(S(=O)(=O)c3ccccc3)CC2)c1. The maximum atomic E-state index is 12.7. The van der Waals surface area contributed by atoms with Crippen molar-refractivity contribution in [2.75, 3.05) is 32.8 Å². The molecule has 1 heterocycles. The van der Waals surface area contributed by atoms with Gasteiger partial charge in [-0.3, -0.25) is 9.59 Å². The first-order chi connectivity index (χ1) is 15.4. The van der Waals surface area contributed by atoms with E-state index < -0.39 is 27.8 Å². The fourth-order valence-electron chi connectivity index (χ4n) is 3.44. The molecule has 0 bridgehead atoms. The summed E-state index contributed by atoms with van der Waals surface area (Å²) < 4.78 is 37.4. The zero-order valence-electron chi connectivity index (χ0n) is 18.0. The Balaban J connectivity index is 1.34. The number of hydrogen-bond donors (Lipinski definition) is 1. The predicted molar refractivity (Wildman–Crippen MR) is 119 cm³/mol. The molecule has 0 atom stereocenters. The highest BCUT2D eigenvalue weighted by Gasteiger charge is 2.32. The minimum Gasteiger partial charge on any atom is -0.492 e. The van der Waals surface area contributed by atoms with Crippen LogP contribution in [0.3, 0.4) is 0 Å². The van der Waals surface area contributed by atoms with Crippen molar-refractivity contribution >= 4 is 21.9 Å². The number of hydrogen-bond acceptors (Lipinski definition) is 6. The molecule has 0 aromatic heterocycles. The Bertz CT molecular complexity index is 1020. The van der Waals surface area contributed by atoms with Crippen LogP contribution in [0, 0.1) is 12.8 Å². The second-order valence-electron chi connectivity index (χ2n) is 7.61. The largest absolute Gasteiger partial charge is 0.492 e. The lowest BCUT2D eigenvalue weighted by Crippen LogP contribution is -2.41. The van der Waals surface area contributed by atoms with E-state index in [2.05, 4.69) is 5.32 Å². The summed E-state index contributed by atoms with van der Waals surface area (Å²) in [5, 5.41) is 2.64. The van der Waals surface area contributed by atoms with Gasteiger partial charge in [-0.05, 0) is 49.6 Å².